The fraction of sp³-hybridized carbons (Fsp3) is 0.462. The molecule has 0 radical (unpaired) electrons. The van der Waals surface area contributed by atoms with Crippen LogP contribution < -0.4 is 4.90 Å². The Kier molecular flexibility index (Phi) is 3.32. The highest BCUT2D eigenvalue weighted by Gasteiger charge is 2.40. The molecule has 0 bridgehead atoms. The fourth-order valence-corrected chi connectivity index (χ4v) is 2.26. The molecule has 2 nitrogen and oxygen atoms in total. The van der Waals surface area contributed by atoms with Crippen LogP contribution in [0.15, 0.2) is 24.3 Å². The average Bonchev–Trinajstić information content (AvgIpc) is 2.58. The summed E-state index contributed by atoms with van der Waals surface area (Å²) in [6.07, 6.45) is -5.02. The van der Waals surface area contributed by atoms with Gasteiger partial charge in [0.2, 0.25) is 5.91 Å². The summed E-state index contributed by atoms with van der Waals surface area (Å²) in [6, 6.07) is 7.25. The number of halogens is 3. The van der Waals surface area contributed by atoms with Gasteiger partial charge in [-0.3, -0.25) is 4.79 Å². The molecule has 1 aliphatic heterocycles. The van der Waals surface area contributed by atoms with E-state index in [2.05, 4.69) is 0 Å². The minimum absolute atomic E-state index is 0.270. The van der Waals surface area contributed by atoms with Crippen molar-refractivity contribution in [1.82, 2.24) is 0 Å². The van der Waals surface area contributed by atoms with E-state index in [-0.39, 0.29) is 6.42 Å². The zero-order valence-corrected chi connectivity index (χ0v) is 10.00. The third kappa shape index (κ3) is 2.83. The molecule has 0 saturated carbocycles. The second-order valence-electron chi connectivity index (χ2n) is 4.63. The van der Waals surface area contributed by atoms with Gasteiger partial charge in [0.1, 0.15) is 0 Å². The highest BCUT2D eigenvalue weighted by molar-refractivity contribution is 5.97. The Labute approximate surface area is 103 Å². The first-order valence-electron chi connectivity index (χ1n) is 5.81. The Morgan fingerprint density at radius 1 is 1.39 bits per heavy atom. The number of anilines is 1. The maximum absolute atomic E-state index is 12.3. The quantitative estimate of drug-likeness (QED) is 0.796. The van der Waals surface area contributed by atoms with Crippen molar-refractivity contribution in [2.75, 3.05) is 11.4 Å². The summed E-state index contributed by atoms with van der Waals surface area (Å²) >= 11 is 0. The van der Waals surface area contributed by atoms with Gasteiger partial charge in [-0.15, -0.1) is 0 Å². The summed E-state index contributed by atoms with van der Waals surface area (Å²) in [5, 5.41) is 0. The fourth-order valence-electron chi connectivity index (χ4n) is 2.26. The third-order valence-electron chi connectivity index (χ3n) is 3.11. The highest BCUT2D eigenvalue weighted by Crippen LogP contribution is 2.33. The normalized spacial score (nSPS) is 20.6. The van der Waals surface area contributed by atoms with Crippen LogP contribution in [-0.4, -0.2) is 18.6 Å². The first-order chi connectivity index (χ1) is 8.37. The first kappa shape index (κ1) is 12.9. The van der Waals surface area contributed by atoms with Crippen molar-refractivity contribution in [3.63, 3.8) is 0 Å². The molecule has 0 spiro atoms. The van der Waals surface area contributed by atoms with E-state index in [1.807, 2.05) is 19.1 Å². The lowest BCUT2D eigenvalue weighted by Gasteiger charge is -2.17. The van der Waals surface area contributed by atoms with E-state index in [1.165, 1.54) is 4.90 Å². The molecular weight excluding hydrogens is 243 g/mol. The van der Waals surface area contributed by atoms with Crippen molar-refractivity contribution in [3.8, 4) is 0 Å². The SMILES string of the molecule is Cc1cccc(N2CC[C@@H](CC(F)(F)F)C2=O)c1. The summed E-state index contributed by atoms with van der Waals surface area (Å²) in [6.45, 7) is 2.25. The predicted octanol–water partition coefficient (Wildman–Crippen LogP) is 3.30. The van der Waals surface area contributed by atoms with E-state index in [0.29, 0.717) is 12.2 Å². The molecule has 1 aliphatic rings. The zero-order valence-electron chi connectivity index (χ0n) is 10.00. The smallest absolute Gasteiger partial charge is 0.312 e. The third-order valence-corrected chi connectivity index (χ3v) is 3.11. The van der Waals surface area contributed by atoms with Gasteiger partial charge < -0.3 is 4.90 Å². The topological polar surface area (TPSA) is 20.3 Å². The van der Waals surface area contributed by atoms with E-state index >= 15 is 0 Å². The lowest BCUT2D eigenvalue weighted by Crippen LogP contribution is -2.29. The minimum Gasteiger partial charge on any atom is -0.312 e. The Balaban J connectivity index is 2.12. The molecule has 1 saturated heterocycles. The molecule has 1 fully saturated rings. The van der Waals surface area contributed by atoms with E-state index in [0.717, 1.165) is 5.56 Å². The van der Waals surface area contributed by atoms with Crippen LogP contribution >= 0.6 is 0 Å². The van der Waals surface area contributed by atoms with E-state index in [4.69, 9.17) is 0 Å². The Bertz CT molecular complexity index is 456. The van der Waals surface area contributed by atoms with Crippen LogP contribution in [0, 0.1) is 12.8 Å². The van der Waals surface area contributed by atoms with E-state index < -0.39 is 24.4 Å². The molecule has 0 unspecified atom stereocenters. The molecule has 0 aliphatic carbocycles. The van der Waals surface area contributed by atoms with E-state index in [9.17, 15) is 18.0 Å². The van der Waals surface area contributed by atoms with Crippen LogP contribution in [0.5, 0.6) is 0 Å². The van der Waals surface area contributed by atoms with E-state index in [1.54, 1.807) is 12.1 Å². The molecular formula is C13H14F3NO. The number of amides is 1. The zero-order chi connectivity index (χ0) is 13.3. The number of nitrogens with zero attached hydrogens (tertiary/aromatic N) is 1. The van der Waals surface area contributed by atoms with Crippen molar-refractivity contribution >= 4 is 11.6 Å². The maximum Gasteiger partial charge on any atom is 0.389 e. The molecule has 1 heterocycles. The van der Waals surface area contributed by atoms with Crippen LogP contribution in [0.2, 0.25) is 0 Å². The molecule has 0 N–H and O–H groups in total. The van der Waals surface area contributed by atoms with Gasteiger partial charge in [0.25, 0.3) is 0 Å². The number of benzene rings is 1. The van der Waals surface area contributed by atoms with Crippen molar-refractivity contribution in [2.45, 2.75) is 25.9 Å². The lowest BCUT2D eigenvalue weighted by molar-refractivity contribution is -0.151. The highest BCUT2D eigenvalue weighted by atomic mass is 19.4. The van der Waals surface area contributed by atoms with Gasteiger partial charge >= 0.3 is 6.18 Å². The summed E-state index contributed by atoms with van der Waals surface area (Å²) < 4.78 is 36.9. The average molecular weight is 257 g/mol. The summed E-state index contributed by atoms with van der Waals surface area (Å²) in [5.41, 5.74) is 1.67. The van der Waals surface area contributed by atoms with Crippen LogP contribution in [-0.2, 0) is 4.79 Å². The molecule has 5 heteroatoms. The monoisotopic (exact) mass is 257 g/mol. The second kappa shape index (κ2) is 4.63. The Morgan fingerprint density at radius 2 is 2.11 bits per heavy atom. The van der Waals surface area contributed by atoms with Gasteiger partial charge in [0.15, 0.2) is 0 Å². The number of aryl methyl sites for hydroxylation is 1. The van der Waals surface area contributed by atoms with Crippen molar-refractivity contribution < 1.29 is 18.0 Å². The number of alkyl halides is 3. The number of carbonyl (C=O) groups excluding carboxylic acids is 1. The number of rotatable bonds is 2. The van der Waals surface area contributed by atoms with Crippen LogP contribution in [0.25, 0.3) is 0 Å². The van der Waals surface area contributed by atoms with Gasteiger partial charge in [0, 0.05) is 18.2 Å². The van der Waals surface area contributed by atoms with Gasteiger partial charge in [0.05, 0.1) is 6.42 Å². The standard InChI is InChI=1S/C13H14F3NO/c1-9-3-2-4-11(7-9)17-6-5-10(12(17)18)8-13(14,15)16/h2-4,7,10H,5-6,8H2,1H3/t10-/m0/s1. The summed E-state index contributed by atoms with van der Waals surface area (Å²) in [4.78, 5) is 13.4. The molecule has 1 amide bonds. The Morgan fingerprint density at radius 3 is 2.72 bits per heavy atom. The molecule has 2 rings (SSSR count). The molecule has 1 aromatic carbocycles. The van der Waals surface area contributed by atoms with Crippen molar-refractivity contribution in [1.29, 1.82) is 0 Å². The molecule has 18 heavy (non-hydrogen) atoms. The predicted molar refractivity (Wildman–Crippen MR) is 62.3 cm³/mol. The molecule has 0 aromatic heterocycles. The Hall–Kier alpha value is -1.52. The first-order valence-corrected chi connectivity index (χ1v) is 5.81. The molecule has 98 valence electrons. The van der Waals surface area contributed by atoms with Crippen LogP contribution in [0.3, 0.4) is 0 Å². The largest absolute Gasteiger partial charge is 0.389 e. The van der Waals surface area contributed by atoms with Crippen LogP contribution in [0.4, 0.5) is 18.9 Å². The van der Waals surface area contributed by atoms with Gasteiger partial charge in [-0.05, 0) is 31.0 Å². The van der Waals surface area contributed by atoms with Crippen molar-refractivity contribution in [2.24, 2.45) is 5.92 Å². The summed E-state index contributed by atoms with van der Waals surface area (Å²) in [7, 11) is 0. The number of hydrogen-bond acceptors (Lipinski definition) is 1. The number of carbonyl (C=O) groups is 1. The second-order valence-corrected chi connectivity index (χ2v) is 4.63. The molecule has 1 atom stereocenters. The lowest BCUT2D eigenvalue weighted by atomic mass is 10.0. The van der Waals surface area contributed by atoms with Crippen LogP contribution in [0.1, 0.15) is 18.4 Å². The van der Waals surface area contributed by atoms with Gasteiger partial charge in [-0.25, -0.2) is 0 Å². The van der Waals surface area contributed by atoms with Gasteiger partial charge in [-0.1, -0.05) is 12.1 Å². The van der Waals surface area contributed by atoms with Crippen molar-refractivity contribution in [3.05, 3.63) is 29.8 Å². The number of hydrogen-bond donors (Lipinski definition) is 0. The molecule has 1 aromatic rings. The minimum atomic E-state index is -4.27. The maximum atomic E-state index is 12.3. The van der Waals surface area contributed by atoms with Gasteiger partial charge in [-0.2, -0.15) is 13.2 Å². The summed E-state index contributed by atoms with van der Waals surface area (Å²) in [5.74, 6) is -1.34.